The van der Waals surface area contributed by atoms with E-state index >= 15 is 0 Å². The van der Waals surface area contributed by atoms with E-state index in [0.29, 0.717) is 0 Å². The molecule has 0 heterocycles. The summed E-state index contributed by atoms with van der Waals surface area (Å²) in [5.41, 5.74) is 0. The molecule has 0 aliphatic heterocycles. The van der Waals surface area contributed by atoms with Gasteiger partial charge in [0.25, 0.3) is 0 Å². The van der Waals surface area contributed by atoms with Crippen molar-refractivity contribution < 1.29 is 9.22 Å². The lowest BCUT2D eigenvalue weighted by atomic mass is 10.0. The minimum absolute atomic E-state index is 0.162. The van der Waals surface area contributed by atoms with Crippen molar-refractivity contribution in [2.45, 2.75) is 129 Å². The van der Waals surface area contributed by atoms with Gasteiger partial charge in [-0.25, -0.2) is 4.79 Å². The molecule has 0 amide bonds. The van der Waals surface area contributed by atoms with Crippen LogP contribution in [0.3, 0.4) is 0 Å². The largest absolute Gasteiger partial charge is 0.517 e. The Morgan fingerprint density at radius 2 is 1.08 bits per heavy atom. The van der Waals surface area contributed by atoms with Crippen LogP contribution in [0.4, 0.5) is 0 Å². The minimum atomic E-state index is -1.73. The summed E-state index contributed by atoms with van der Waals surface area (Å²) >= 11 is 0. The highest BCUT2D eigenvalue weighted by atomic mass is 28.4. The number of hydrogen-bond acceptors (Lipinski definition) is 2. The van der Waals surface area contributed by atoms with Gasteiger partial charge in [-0.15, -0.1) is 0 Å². The molecule has 0 saturated heterocycles. The van der Waals surface area contributed by atoms with E-state index in [0.717, 1.165) is 6.42 Å². The maximum absolute atomic E-state index is 11.5. The van der Waals surface area contributed by atoms with Crippen molar-refractivity contribution in [3.8, 4) is 0 Å². The van der Waals surface area contributed by atoms with Gasteiger partial charge in [-0.2, -0.15) is 0 Å². The zero-order chi connectivity index (χ0) is 19.5. The van der Waals surface area contributed by atoms with E-state index in [2.05, 4.69) is 6.92 Å². The lowest BCUT2D eigenvalue weighted by Crippen LogP contribution is -2.28. The maximum atomic E-state index is 11.5. The summed E-state index contributed by atoms with van der Waals surface area (Å²) in [6.07, 6.45) is 25.4. The van der Waals surface area contributed by atoms with E-state index in [4.69, 9.17) is 4.43 Å². The summed E-state index contributed by atoms with van der Waals surface area (Å²) in [5.74, 6) is -0.162. The van der Waals surface area contributed by atoms with Gasteiger partial charge >= 0.3 is 5.97 Å². The van der Waals surface area contributed by atoms with Gasteiger partial charge in [-0.05, 0) is 32.5 Å². The first-order chi connectivity index (χ1) is 12.5. The molecule has 0 aliphatic rings. The third kappa shape index (κ3) is 21.5. The van der Waals surface area contributed by atoms with Gasteiger partial charge in [-0.1, -0.05) is 103 Å². The molecule has 0 aliphatic carbocycles. The van der Waals surface area contributed by atoms with E-state index in [1.807, 2.05) is 25.7 Å². The Balaban J connectivity index is 3.21. The van der Waals surface area contributed by atoms with Crippen molar-refractivity contribution in [3.63, 3.8) is 0 Å². The van der Waals surface area contributed by atoms with Gasteiger partial charge in [0, 0.05) is 6.08 Å². The standard InChI is InChI=1S/C23H46O2Si/c1-5-6-7-8-9-10-11-12-13-14-15-16-17-18-19-20-21-22-23(24)25-26(2,3)4/h21-22H,5-20H2,1-4H3. The highest BCUT2D eigenvalue weighted by molar-refractivity contribution is 6.71. The molecule has 0 aromatic carbocycles. The SMILES string of the molecule is CCCCCCCCCCCCCCCCCC=CC(=O)O[Si](C)(C)C. The molecule has 0 rings (SSSR count). The number of unbranched alkanes of at least 4 members (excludes halogenated alkanes) is 15. The Hall–Kier alpha value is -0.573. The predicted molar refractivity (Wildman–Crippen MR) is 118 cm³/mol. The van der Waals surface area contributed by atoms with Gasteiger partial charge in [-0.3, -0.25) is 0 Å². The van der Waals surface area contributed by atoms with Crippen LogP contribution >= 0.6 is 0 Å². The summed E-state index contributed by atoms with van der Waals surface area (Å²) in [5, 5.41) is 0. The zero-order valence-electron chi connectivity index (χ0n) is 18.3. The molecule has 0 aromatic rings. The topological polar surface area (TPSA) is 26.3 Å². The molecule has 0 bridgehead atoms. The first kappa shape index (κ1) is 25.4. The summed E-state index contributed by atoms with van der Waals surface area (Å²) in [4.78, 5) is 11.5. The number of rotatable bonds is 18. The van der Waals surface area contributed by atoms with Crippen molar-refractivity contribution in [2.24, 2.45) is 0 Å². The van der Waals surface area contributed by atoms with Crippen molar-refractivity contribution in [1.82, 2.24) is 0 Å². The first-order valence-corrected chi connectivity index (χ1v) is 14.8. The number of hydrogen-bond donors (Lipinski definition) is 0. The quantitative estimate of drug-likeness (QED) is 0.136. The van der Waals surface area contributed by atoms with E-state index < -0.39 is 8.32 Å². The maximum Gasteiger partial charge on any atom is 0.317 e. The zero-order valence-corrected chi connectivity index (χ0v) is 19.3. The molecule has 0 saturated carbocycles. The van der Waals surface area contributed by atoms with Crippen LogP contribution in [0.25, 0.3) is 0 Å². The summed E-state index contributed by atoms with van der Waals surface area (Å²) < 4.78 is 5.38. The Kier molecular flexibility index (Phi) is 17.4. The molecule has 0 aromatic heterocycles. The second-order valence-corrected chi connectivity index (χ2v) is 13.1. The van der Waals surface area contributed by atoms with Crippen LogP contribution in [-0.2, 0) is 9.22 Å². The minimum Gasteiger partial charge on any atom is -0.517 e. The third-order valence-electron chi connectivity index (χ3n) is 4.64. The highest BCUT2D eigenvalue weighted by Crippen LogP contribution is 2.13. The van der Waals surface area contributed by atoms with Crippen molar-refractivity contribution in [3.05, 3.63) is 12.2 Å². The van der Waals surface area contributed by atoms with Crippen LogP contribution in [0.2, 0.25) is 19.6 Å². The molecule has 0 unspecified atom stereocenters. The van der Waals surface area contributed by atoms with Gasteiger partial charge in [0.05, 0.1) is 0 Å². The average molecular weight is 383 g/mol. The van der Waals surface area contributed by atoms with E-state index in [-0.39, 0.29) is 5.97 Å². The Labute approximate surface area is 165 Å². The van der Waals surface area contributed by atoms with Gasteiger partial charge in [0.1, 0.15) is 0 Å². The lowest BCUT2D eigenvalue weighted by Gasteiger charge is -2.15. The van der Waals surface area contributed by atoms with Crippen molar-refractivity contribution in [1.29, 1.82) is 0 Å². The fraction of sp³-hybridized carbons (Fsp3) is 0.870. The van der Waals surface area contributed by atoms with E-state index in [1.54, 1.807) is 6.08 Å². The van der Waals surface area contributed by atoms with Crippen LogP contribution in [0, 0.1) is 0 Å². The van der Waals surface area contributed by atoms with Crippen LogP contribution in [-0.4, -0.2) is 14.3 Å². The molecule has 26 heavy (non-hydrogen) atoms. The van der Waals surface area contributed by atoms with Gasteiger partial charge < -0.3 is 4.43 Å². The van der Waals surface area contributed by atoms with Gasteiger partial charge in [0.15, 0.2) is 0 Å². The predicted octanol–water partition coefficient (Wildman–Crippen LogP) is 8.18. The molecule has 0 atom stereocenters. The highest BCUT2D eigenvalue weighted by Gasteiger charge is 2.17. The average Bonchev–Trinajstić information content (AvgIpc) is 2.56. The van der Waals surface area contributed by atoms with E-state index in [1.165, 1.54) is 96.3 Å². The fourth-order valence-corrected chi connectivity index (χ4v) is 3.82. The fourth-order valence-electron chi connectivity index (χ4n) is 3.15. The Morgan fingerprint density at radius 1 is 0.692 bits per heavy atom. The van der Waals surface area contributed by atoms with Crippen LogP contribution in [0.5, 0.6) is 0 Å². The second kappa shape index (κ2) is 17.8. The molecule has 2 nitrogen and oxygen atoms in total. The van der Waals surface area contributed by atoms with Crippen molar-refractivity contribution in [2.75, 3.05) is 0 Å². The molecule has 0 spiro atoms. The van der Waals surface area contributed by atoms with Crippen molar-refractivity contribution >= 4 is 14.3 Å². The smallest absolute Gasteiger partial charge is 0.317 e. The molecular weight excluding hydrogens is 336 g/mol. The van der Waals surface area contributed by atoms with E-state index in [9.17, 15) is 4.79 Å². The molecule has 0 fully saturated rings. The monoisotopic (exact) mass is 382 g/mol. The summed E-state index contributed by atoms with van der Waals surface area (Å²) in [6.45, 7) is 8.39. The van der Waals surface area contributed by atoms with Gasteiger partial charge in [0.2, 0.25) is 8.32 Å². The molecule has 0 radical (unpaired) electrons. The molecular formula is C23H46O2Si. The molecule has 3 heteroatoms. The summed E-state index contributed by atoms with van der Waals surface area (Å²) in [6, 6.07) is 0. The normalized spacial score (nSPS) is 12.0. The van der Waals surface area contributed by atoms with Crippen LogP contribution in [0.15, 0.2) is 12.2 Å². The van der Waals surface area contributed by atoms with Crippen LogP contribution < -0.4 is 0 Å². The molecule has 154 valence electrons. The second-order valence-electron chi connectivity index (χ2n) is 8.67. The number of carbonyl (C=O) groups is 1. The Bertz CT molecular complexity index is 345. The first-order valence-electron chi connectivity index (χ1n) is 11.3. The van der Waals surface area contributed by atoms with Crippen LogP contribution in [0.1, 0.15) is 110 Å². The number of allylic oxidation sites excluding steroid dienone is 1. The molecule has 0 N–H and O–H groups in total. The number of carbonyl (C=O) groups excluding carboxylic acids is 1. The third-order valence-corrected chi connectivity index (χ3v) is 5.45. The lowest BCUT2D eigenvalue weighted by molar-refractivity contribution is -0.129. The summed E-state index contributed by atoms with van der Waals surface area (Å²) in [7, 11) is -1.73. The Morgan fingerprint density at radius 3 is 1.46 bits per heavy atom.